The van der Waals surface area contributed by atoms with Crippen molar-refractivity contribution >= 4 is 18.8 Å². The first-order chi connectivity index (χ1) is 15.1. The predicted octanol–water partition coefficient (Wildman–Crippen LogP) is 6.18. The number of aryl methyl sites for hydroxylation is 1. The van der Waals surface area contributed by atoms with Crippen molar-refractivity contribution in [2.75, 3.05) is 29.5 Å². The maximum absolute atomic E-state index is 15.1. The zero-order chi connectivity index (χ0) is 21.8. The highest BCUT2D eigenvalue weighted by Gasteiger charge is 2.49. The summed E-state index contributed by atoms with van der Waals surface area (Å²) in [6.07, 6.45) is 0.177. The largest absolute Gasteiger partial charge is 0.497 e. The summed E-state index contributed by atoms with van der Waals surface area (Å²) in [6.45, 7) is 3.28. The number of methoxy groups -OCH3 is 1. The molecule has 0 radical (unpaired) electrons. The molecule has 1 aliphatic rings. The summed E-state index contributed by atoms with van der Waals surface area (Å²) in [5, 5.41) is 9.67. The predicted molar refractivity (Wildman–Crippen MR) is 126 cm³/mol. The molecule has 31 heavy (non-hydrogen) atoms. The first kappa shape index (κ1) is 21.0. The van der Waals surface area contributed by atoms with E-state index in [0.29, 0.717) is 13.1 Å². The Morgan fingerprint density at radius 1 is 0.935 bits per heavy atom. The lowest BCUT2D eigenvalue weighted by atomic mass is 10.1. The second-order valence-corrected chi connectivity index (χ2v) is 10.4. The van der Waals surface area contributed by atoms with Gasteiger partial charge in [-0.2, -0.15) is 5.26 Å². The second-order valence-electron chi connectivity index (χ2n) is 7.66. The van der Waals surface area contributed by atoms with Gasteiger partial charge in [-0.1, -0.05) is 48.0 Å². The van der Waals surface area contributed by atoms with Gasteiger partial charge in [-0.15, -0.1) is 0 Å². The summed E-state index contributed by atoms with van der Waals surface area (Å²) in [7, 11) is -1.59. The van der Waals surface area contributed by atoms with Crippen LogP contribution in [0.15, 0.2) is 78.9 Å². The van der Waals surface area contributed by atoms with Crippen molar-refractivity contribution in [2.45, 2.75) is 19.0 Å². The van der Waals surface area contributed by atoms with Crippen molar-refractivity contribution in [3.63, 3.8) is 0 Å². The fourth-order valence-electron chi connectivity index (χ4n) is 4.20. The Kier molecular flexibility index (Phi) is 6.02. The van der Waals surface area contributed by atoms with Crippen molar-refractivity contribution in [1.82, 2.24) is 0 Å². The van der Waals surface area contributed by atoms with E-state index >= 15 is 4.57 Å². The number of nitriles is 1. The molecule has 0 bridgehead atoms. The first-order valence-corrected chi connectivity index (χ1v) is 12.0. The third-order valence-corrected chi connectivity index (χ3v) is 9.33. The maximum Gasteiger partial charge on any atom is 0.271 e. The third-order valence-electron chi connectivity index (χ3n) is 5.79. The molecule has 0 saturated carbocycles. The molecule has 4 rings (SSSR count). The standard InChI is InChI=1S/C25H26N3O2P/c1-20-8-10-22(11-9-20)27-18-19-28(23-12-14-24(30-2)15-13-23)31(27,29)25(16-17-26)21-6-4-3-5-7-21/h3-15,25H,16,18-19H2,1-2H3. The summed E-state index contributed by atoms with van der Waals surface area (Å²) in [6, 6.07) is 27.8. The number of nitrogens with zero attached hydrogens (tertiary/aromatic N) is 3. The van der Waals surface area contributed by atoms with Gasteiger partial charge in [-0.3, -0.25) is 4.57 Å². The summed E-state index contributed by atoms with van der Waals surface area (Å²) in [4.78, 5) is 0. The Bertz CT molecular complexity index is 1110. The van der Waals surface area contributed by atoms with Crippen LogP contribution in [0.1, 0.15) is 23.2 Å². The molecule has 5 nitrogen and oxygen atoms in total. The highest BCUT2D eigenvalue weighted by atomic mass is 31.2. The summed E-state index contributed by atoms with van der Waals surface area (Å²) >= 11 is 0. The quantitative estimate of drug-likeness (QED) is 0.436. The van der Waals surface area contributed by atoms with Crippen LogP contribution in [0.4, 0.5) is 11.4 Å². The topological polar surface area (TPSA) is 56.6 Å². The van der Waals surface area contributed by atoms with Crippen molar-refractivity contribution in [3.8, 4) is 11.8 Å². The van der Waals surface area contributed by atoms with Gasteiger partial charge >= 0.3 is 0 Å². The van der Waals surface area contributed by atoms with Gasteiger partial charge in [0, 0.05) is 24.5 Å². The van der Waals surface area contributed by atoms with Gasteiger partial charge < -0.3 is 14.1 Å². The van der Waals surface area contributed by atoms with Crippen LogP contribution >= 0.6 is 7.44 Å². The van der Waals surface area contributed by atoms with Gasteiger partial charge in [0.1, 0.15) is 5.75 Å². The molecule has 3 aromatic rings. The third kappa shape index (κ3) is 3.92. The lowest BCUT2D eigenvalue weighted by Gasteiger charge is -2.37. The average molecular weight is 431 g/mol. The highest BCUT2D eigenvalue weighted by molar-refractivity contribution is 7.68. The molecule has 0 aliphatic carbocycles. The van der Waals surface area contributed by atoms with E-state index < -0.39 is 13.1 Å². The van der Waals surface area contributed by atoms with E-state index in [4.69, 9.17) is 4.74 Å². The van der Waals surface area contributed by atoms with Gasteiger partial charge in [0.25, 0.3) is 7.44 Å². The molecular formula is C25H26N3O2P. The Morgan fingerprint density at radius 2 is 1.48 bits per heavy atom. The number of hydrogen-bond acceptors (Lipinski definition) is 3. The monoisotopic (exact) mass is 431 g/mol. The van der Waals surface area contributed by atoms with Crippen LogP contribution in [-0.4, -0.2) is 20.2 Å². The van der Waals surface area contributed by atoms with E-state index in [-0.39, 0.29) is 6.42 Å². The average Bonchev–Trinajstić information content (AvgIpc) is 3.16. The van der Waals surface area contributed by atoms with E-state index in [1.54, 1.807) is 7.11 Å². The van der Waals surface area contributed by atoms with E-state index in [2.05, 4.69) is 6.07 Å². The molecule has 1 aliphatic heterocycles. The molecule has 3 aromatic carbocycles. The molecule has 0 spiro atoms. The van der Waals surface area contributed by atoms with Crippen LogP contribution in [0.5, 0.6) is 5.75 Å². The summed E-state index contributed by atoms with van der Waals surface area (Å²) < 4.78 is 24.4. The van der Waals surface area contributed by atoms with E-state index in [0.717, 1.165) is 28.3 Å². The van der Waals surface area contributed by atoms with Gasteiger partial charge in [-0.05, 0) is 48.9 Å². The number of rotatable bonds is 6. The van der Waals surface area contributed by atoms with Gasteiger partial charge in [-0.25, -0.2) is 0 Å². The summed E-state index contributed by atoms with van der Waals surface area (Å²) in [5.74, 6) is 0.754. The molecule has 1 saturated heterocycles. The zero-order valence-electron chi connectivity index (χ0n) is 17.8. The minimum atomic E-state index is -3.22. The lowest BCUT2D eigenvalue weighted by Crippen LogP contribution is -2.24. The van der Waals surface area contributed by atoms with Gasteiger partial charge in [0.15, 0.2) is 0 Å². The molecule has 0 N–H and O–H groups in total. The maximum atomic E-state index is 15.1. The van der Waals surface area contributed by atoms with Crippen LogP contribution < -0.4 is 14.1 Å². The molecule has 0 amide bonds. The molecule has 2 unspecified atom stereocenters. The van der Waals surface area contributed by atoms with E-state index in [1.165, 1.54) is 0 Å². The van der Waals surface area contributed by atoms with Crippen molar-refractivity contribution in [2.24, 2.45) is 0 Å². The van der Waals surface area contributed by atoms with Crippen LogP contribution in [-0.2, 0) is 4.57 Å². The molecule has 1 fully saturated rings. The first-order valence-electron chi connectivity index (χ1n) is 10.4. The SMILES string of the molecule is COc1ccc(N2CCN(c3ccc(C)cc3)P2(=O)C(CC#N)c2ccccc2)cc1. The molecule has 6 heteroatoms. The minimum absolute atomic E-state index is 0.177. The smallest absolute Gasteiger partial charge is 0.271 e. The Labute approximate surface area is 184 Å². The van der Waals surface area contributed by atoms with Crippen molar-refractivity contribution < 1.29 is 9.30 Å². The Balaban J connectivity index is 1.86. The molecular weight excluding hydrogens is 405 g/mol. The molecule has 0 aromatic heterocycles. The van der Waals surface area contributed by atoms with Crippen LogP contribution in [0.2, 0.25) is 0 Å². The molecule has 158 valence electrons. The van der Waals surface area contributed by atoms with Crippen molar-refractivity contribution in [1.29, 1.82) is 5.26 Å². The minimum Gasteiger partial charge on any atom is -0.497 e. The fraction of sp³-hybridized carbons (Fsp3) is 0.240. The van der Waals surface area contributed by atoms with E-state index in [9.17, 15) is 5.26 Å². The highest BCUT2D eigenvalue weighted by Crippen LogP contribution is 2.69. The summed E-state index contributed by atoms with van der Waals surface area (Å²) in [5.41, 5.74) is 3.44. The number of benzene rings is 3. The van der Waals surface area contributed by atoms with Gasteiger partial charge in [0.05, 0.1) is 25.3 Å². The number of anilines is 2. The molecule has 2 atom stereocenters. The zero-order valence-corrected chi connectivity index (χ0v) is 18.7. The van der Waals surface area contributed by atoms with E-state index in [1.807, 2.05) is 95.1 Å². The van der Waals surface area contributed by atoms with Crippen molar-refractivity contribution in [3.05, 3.63) is 90.0 Å². The van der Waals surface area contributed by atoms with Gasteiger partial charge in [0.2, 0.25) is 0 Å². The normalized spacial score (nSPS) is 19.1. The molecule has 1 heterocycles. The van der Waals surface area contributed by atoms with Crippen LogP contribution in [0.25, 0.3) is 0 Å². The lowest BCUT2D eigenvalue weighted by molar-refractivity contribution is 0.415. The van der Waals surface area contributed by atoms with Crippen LogP contribution in [0, 0.1) is 18.3 Å². The van der Waals surface area contributed by atoms with Crippen LogP contribution in [0.3, 0.4) is 0 Å². The second kappa shape index (κ2) is 8.88. The Morgan fingerprint density at radius 3 is 2.00 bits per heavy atom. The fourth-order valence-corrected chi connectivity index (χ4v) is 7.69. The Hall–Kier alpha value is -3.22. The number of hydrogen-bond donors (Lipinski definition) is 0. The number of ether oxygens (including phenoxy) is 1.